The van der Waals surface area contributed by atoms with Crippen molar-refractivity contribution < 1.29 is 0 Å². The molecule has 2 N–H and O–H groups in total. The number of thioether (sulfide) groups is 2. The number of hydrogen-bond donors (Lipinski definition) is 2. The summed E-state index contributed by atoms with van der Waals surface area (Å²) in [6.45, 7) is 0. The number of benzene rings is 10. The summed E-state index contributed by atoms with van der Waals surface area (Å²) in [5.41, 5.74) is 21.9. The fourth-order valence-corrected chi connectivity index (χ4v) is 17.0. The minimum Gasteiger partial charge on any atom is -0.354 e. The molecule has 0 radical (unpaired) electrons. The number of anilines is 3. The van der Waals surface area contributed by atoms with Crippen LogP contribution in [0.3, 0.4) is 0 Å². The van der Waals surface area contributed by atoms with Crippen molar-refractivity contribution in [2.45, 2.75) is 39.1 Å². The highest BCUT2D eigenvalue weighted by Crippen LogP contribution is 2.57. The Balaban J connectivity index is 0.947. The molecule has 0 fully saturated rings. The van der Waals surface area contributed by atoms with E-state index in [4.69, 9.17) is 4.99 Å². The van der Waals surface area contributed by atoms with Crippen LogP contribution in [0, 0.1) is 0 Å². The Kier molecular flexibility index (Phi) is 10.2. The summed E-state index contributed by atoms with van der Waals surface area (Å²) in [4.78, 5) is 18.4. The van der Waals surface area contributed by atoms with Crippen molar-refractivity contribution in [2.24, 2.45) is 4.99 Å². The predicted molar refractivity (Wildman–Crippen MR) is 346 cm³/mol. The lowest BCUT2D eigenvalue weighted by Crippen LogP contribution is -2.26. The first-order valence-corrected chi connectivity index (χ1v) is 30.4. The molecule has 6 heteroatoms. The van der Waals surface area contributed by atoms with E-state index in [1.807, 2.05) is 23.5 Å². The van der Waals surface area contributed by atoms with Gasteiger partial charge in [-0.25, -0.2) is 4.99 Å². The van der Waals surface area contributed by atoms with Gasteiger partial charge in [0.05, 0.1) is 32.9 Å². The van der Waals surface area contributed by atoms with Crippen LogP contribution >= 0.6 is 23.5 Å². The number of hydrogen-bond acceptors (Lipinski definition) is 4. The molecule has 10 aromatic carbocycles. The molecule has 6 aliphatic rings. The third-order valence-corrected chi connectivity index (χ3v) is 20.5. The van der Waals surface area contributed by atoms with Crippen molar-refractivity contribution in [3.8, 4) is 0 Å². The van der Waals surface area contributed by atoms with Crippen LogP contribution in [0.25, 0.3) is 81.9 Å². The third-order valence-electron chi connectivity index (χ3n) is 18.0. The van der Waals surface area contributed by atoms with Crippen LogP contribution in [0.15, 0.2) is 280 Å². The van der Waals surface area contributed by atoms with Crippen LogP contribution in [-0.4, -0.2) is 20.5 Å². The Morgan fingerprint density at radius 2 is 1.01 bits per heavy atom. The van der Waals surface area contributed by atoms with Gasteiger partial charge in [0.1, 0.15) is 0 Å². The summed E-state index contributed by atoms with van der Waals surface area (Å²) >= 11 is 3.93. The van der Waals surface area contributed by atoms with Gasteiger partial charge in [0.25, 0.3) is 0 Å². The first-order valence-electron chi connectivity index (χ1n) is 28.6. The van der Waals surface area contributed by atoms with E-state index in [1.54, 1.807) is 0 Å². The van der Waals surface area contributed by atoms with Gasteiger partial charge in [-0.05, 0) is 141 Å². The number of allylic oxidation sites excluding steroid dienone is 8. The first kappa shape index (κ1) is 46.4. The SMILES string of the molecule is C1=CC2=C(c3ccccc3N(c3ccccc3C3=C4C=CC=CC4Sc4ccc5[nH]c6ccccc6c5c43)c3ccccc3C3CCC=C4N=c5ccc6cc7ccccc7cc6c5=C43)c3c(ccc4[nH]c5ccccc5c34)SC2C=C1. The normalized spacial score (nSPS) is 18.5. The molecule has 386 valence electrons. The van der Waals surface area contributed by atoms with Crippen LogP contribution in [0.1, 0.15) is 46.6 Å². The van der Waals surface area contributed by atoms with E-state index in [9.17, 15) is 0 Å². The number of aromatic nitrogens is 2. The van der Waals surface area contributed by atoms with E-state index in [0.717, 1.165) is 63.0 Å². The minimum atomic E-state index is 0.0473. The molecular formula is C76H50N4S2. The topological polar surface area (TPSA) is 47.2 Å². The molecule has 0 saturated carbocycles. The Bertz CT molecular complexity index is 4990. The number of aromatic amines is 2. The summed E-state index contributed by atoms with van der Waals surface area (Å²) in [6.07, 6.45) is 22.7. The maximum atomic E-state index is 5.49. The van der Waals surface area contributed by atoms with Gasteiger partial charge in [0.2, 0.25) is 0 Å². The molecular weight excluding hydrogens is 1030 g/mol. The summed E-state index contributed by atoms with van der Waals surface area (Å²) in [5, 5.41) is 12.6. The third kappa shape index (κ3) is 6.86. The van der Waals surface area contributed by atoms with Gasteiger partial charge in [0.15, 0.2) is 0 Å². The van der Waals surface area contributed by atoms with Gasteiger partial charge in [-0.15, -0.1) is 23.5 Å². The molecule has 3 aliphatic heterocycles. The van der Waals surface area contributed by atoms with Crippen LogP contribution in [0.4, 0.5) is 17.1 Å². The van der Waals surface area contributed by atoms with E-state index in [2.05, 4.69) is 264 Å². The second-order valence-electron chi connectivity index (χ2n) is 22.3. The Morgan fingerprint density at radius 3 is 1.65 bits per heavy atom. The van der Waals surface area contributed by atoms with Crippen LogP contribution in [0.2, 0.25) is 0 Å². The van der Waals surface area contributed by atoms with Crippen molar-refractivity contribution in [2.75, 3.05) is 4.90 Å². The zero-order valence-electron chi connectivity index (χ0n) is 44.5. The van der Waals surface area contributed by atoms with Crippen molar-refractivity contribution in [3.63, 3.8) is 0 Å². The molecule has 12 aromatic rings. The second kappa shape index (κ2) is 18.1. The standard InChI is InChI=1S/C76H50N4S2/c1-2-19-45-43-55-46(42-44(45)18-1)36-37-59-74(55)71-48(27-17-30-58(71)79-59)47-20-5-12-31-62(47)80(63-32-13-6-23-51(63)69-53-25-8-15-34-65(53)81-67-40-38-60-72(75(67)69)49-21-3-10-28-56(49)77-60)64-33-14-7-24-52(64)70-54-26-9-16-35-66(54)82-68-41-39-61-73(76(68)70)50-22-4-11-29-57(50)78-61/h1-16,18-26,28-43,48,65-66,77-78H,17,27H2. The number of rotatable bonds is 6. The van der Waals surface area contributed by atoms with Gasteiger partial charge >= 0.3 is 0 Å². The fourth-order valence-electron chi connectivity index (χ4n) is 14.6. The molecule has 3 unspecified atom stereocenters. The zero-order chi connectivity index (χ0) is 53.6. The lowest BCUT2D eigenvalue weighted by molar-refractivity contribution is 0.739. The highest BCUT2D eigenvalue weighted by molar-refractivity contribution is 8.00. The van der Waals surface area contributed by atoms with Crippen molar-refractivity contribution in [1.82, 2.24) is 9.97 Å². The first-order chi connectivity index (χ1) is 40.7. The lowest BCUT2D eigenvalue weighted by atomic mass is 9.79. The summed E-state index contributed by atoms with van der Waals surface area (Å²) in [6, 6.07) is 73.0. The van der Waals surface area contributed by atoms with Gasteiger partial charge in [-0.3, -0.25) is 0 Å². The minimum absolute atomic E-state index is 0.0473. The van der Waals surface area contributed by atoms with Gasteiger partial charge < -0.3 is 14.9 Å². The largest absolute Gasteiger partial charge is 0.354 e. The van der Waals surface area contributed by atoms with Gasteiger partial charge in [0, 0.05) is 92.5 Å². The number of fused-ring (bicyclic) bond motifs is 17. The monoisotopic (exact) mass is 1080 g/mol. The van der Waals surface area contributed by atoms with E-state index < -0.39 is 0 Å². The summed E-state index contributed by atoms with van der Waals surface area (Å²) < 4.78 is 0. The number of nitrogens with one attached hydrogen (secondary N) is 2. The molecule has 2 aromatic heterocycles. The predicted octanol–water partition coefficient (Wildman–Crippen LogP) is 18.8. The Morgan fingerprint density at radius 1 is 0.463 bits per heavy atom. The molecule has 5 heterocycles. The van der Waals surface area contributed by atoms with Crippen molar-refractivity contribution in [3.05, 3.63) is 304 Å². The molecule has 0 saturated heterocycles. The number of para-hydroxylation sites is 5. The molecule has 0 bridgehead atoms. The van der Waals surface area contributed by atoms with E-state index >= 15 is 0 Å². The quantitative estimate of drug-likeness (QED) is 0.163. The average molecular weight is 1080 g/mol. The summed E-state index contributed by atoms with van der Waals surface area (Å²) in [7, 11) is 0. The Hall–Kier alpha value is -9.33. The smallest absolute Gasteiger partial charge is 0.0719 e. The van der Waals surface area contributed by atoms with Gasteiger partial charge in [-0.2, -0.15) is 0 Å². The van der Waals surface area contributed by atoms with Crippen LogP contribution < -0.4 is 15.5 Å². The van der Waals surface area contributed by atoms with Crippen LogP contribution in [-0.2, 0) is 0 Å². The van der Waals surface area contributed by atoms with Gasteiger partial charge in [-0.1, -0.05) is 176 Å². The maximum Gasteiger partial charge on any atom is 0.0719 e. The maximum absolute atomic E-state index is 5.49. The number of nitrogens with zero attached hydrogens (tertiary/aromatic N) is 2. The average Bonchev–Trinajstić information content (AvgIpc) is 2.79. The number of H-pyrrole nitrogens is 2. The zero-order valence-corrected chi connectivity index (χ0v) is 46.2. The van der Waals surface area contributed by atoms with E-state index in [1.165, 1.54) is 114 Å². The lowest BCUT2D eigenvalue weighted by Gasteiger charge is -2.37. The molecule has 0 spiro atoms. The second-order valence-corrected chi connectivity index (χ2v) is 24.7. The molecule has 82 heavy (non-hydrogen) atoms. The molecule has 4 nitrogen and oxygen atoms in total. The summed E-state index contributed by atoms with van der Waals surface area (Å²) in [5.74, 6) is 0.0473. The highest BCUT2D eigenvalue weighted by atomic mass is 32.2. The molecule has 18 rings (SSSR count). The molecule has 3 atom stereocenters. The molecule has 0 amide bonds. The van der Waals surface area contributed by atoms with Crippen molar-refractivity contribution >= 4 is 122 Å². The van der Waals surface area contributed by atoms with Crippen molar-refractivity contribution in [1.29, 1.82) is 0 Å². The van der Waals surface area contributed by atoms with Crippen LogP contribution in [0.5, 0.6) is 0 Å². The van der Waals surface area contributed by atoms with E-state index in [-0.39, 0.29) is 16.4 Å². The highest BCUT2D eigenvalue weighted by Gasteiger charge is 2.37. The Labute approximate surface area is 482 Å². The van der Waals surface area contributed by atoms with E-state index in [0.29, 0.717) is 0 Å². The molecule has 3 aliphatic carbocycles. The fraction of sp³-hybridized carbons (Fsp3) is 0.0658.